The van der Waals surface area contributed by atoms with E-state index in [9.17, 15) is 0 Å². The van der Waals surface area contributed by atoms with Gasteiger partial charge in [-0.15, -0.1) is 0 Å². The van der Waals surface area contributed by atoms with Crippen LogP contribution in [0.5, 0.6) is 0 Å². The number of nitrogen functional groups attached to an aromatic ring is 1. The van der Waals surface area contributed by atoms with Crippen LogP contribution < -0.4 is 5.73 Å². The van der Waals surface area contributed by atoms with Crippen LogP contribution in [-0.4, -0.2) is 9.78 Å². The molecule has 3 heteroatoms. The molecule has 1 saturated carbocycles. The van der Waals surface area contributed by atoms with E-state index in [-0.39, 0.29) is 0 Å². The molecular formula is C13H15N3. The first-order valence-corrected chi connectivity index (χ1v) is 5.69. The van der Waals surface area contributed by atoms with Crippen LogP contribution in [0.4, 0.5) is 5.69 Å². The molecule has 1 aliphatic rings. The number of nitrogens with zero attached hydrogens (tertiary/aromatic N) is 2. The van der Waals surface area contributed by atoms with E-state index >= 15 is 0 Å². The molecule has 3 nitrogen and oxygen atoms in total. The molecule has 0 saturated heterocycles. The third-order valence-corrected chi connectivity index (χ3v) is 3.02. The van der Waals surface area contributed by atoms with Gasteiger partial charge < -0.3 is 5.73 Å². The number of nitrogens with two attached hydrogens (primary N) is 1. The highest BCUT2D eigenvalue weighted by Crippen LogP contribution is 2.30. The standard InChI is InChI=1S/C13H15N3/c14-13-5-3-11(4-6-13)12-7-15-16(9-12)8-10-1-2-10/h3-7,9-10H,1-2,8,14H2. The number of benzene rings is 1. The Balaban J connectivity index is 1.82. The molecule has 0 radical (unpaired) electrons. The average molecular weight is 213 g/mol. The van der Waals surface area contributed by atoms with E-state index in [0.29, 0.717) is 0 Å². The molecule has 16 heavy (non-hydrogen) atoms. The monoisotopic (exact) mass is 213 g/mol. The van der Waals surface area contributed by atoms with E-state index in [1.165, 1.54) is 24.0 Å². The summed E-state index contributed by atoms with van der Waals surface area (Å²) in [6.45, 7) is 1.06. The summed E-state index contributed by atoms with van der Waals surface area (Å²) in [4.78, 5) is 0. The number of hydrogen-bond acceptors (Lipinski definition) is 2. The van der Waals surface area contributed by atoms with Gasteiger partial charge in [0.2, 0.25) is 0 Å². The summed E-state index contributed by atoms with van der Waals surface area (Å²) >= 11 is 0. The third kappa shape index (κ3) is 1.94. The van der Waals surface area contributed by atoms with Crippen LogP contribution in [0.1, 0.15) is 12.8 Å². The van der Waals surface area contributed by atoms with Crippen molar-refractivity contribution in [1.82, 2.24) is 9.78 Å². The van der Waals surface area contributed by atoms with Gasteiger partial charge in [0, 0.05) is 24.0 Å². The fourth-order valence-corrected chi connectivity index (χ4v) is 1.85. The summed E-state index contributed by atoms with van der Waals surface area (Å²) in [5.41, 5.74) is 8.81. The summed E-state index contributed by atoms with van der Waals surface area (Å²) in [6.07, 6.45) is 6.76. The largest absolute Gasteiger partial charge is 0.399 e. The Bertz CT molecular complexity index is 480. The average Bonchev–Trinajstić information content (AvgIpc) is 2.97. The van der Waals surface area contributed by atoms with E-state index in [1.54, 1.807) is 0 Å². The molecule has 1 fully saturated rings. The molecule has 3 rings (SSSR count). The molecule has 2 aromatic rings. The molecule has 1 aromatic carbocycles. The van der Waals surface area contributed by atoms with Gasteiger partial charge in [-0.05, 0) is 36.5 Å². The Hall–Kier alpha value is -1.77. The summed E-state index contributed by atoms with van der Waals surface area (Å²) in [5, 5.41) is 4.38. The maximum atomic E-state index is 5.66. The second kappa shape index (κ2) is 3.67. The van der Waals surface area contributed by atoms with Crippen LogP contribution in [0.15, 0.2) is 36.7 Å². The highest BCUT2D eigenvalue weighted by Gasteiger charge is 2.21. The number of hydrogen-bond donors (Lipinski definition) is 1. The van der Waals surface area contributed by atoms with E-state index in [0.717, 1.165) is 18.2 Å². The first kappa shape index (κ1) is 9.46. The first-order valence-electron chi connectivity index (χ1n) is 5.69. The van der Waals surface area contributed by atoms with Gasteiger partial charge in [0.25, 0.3) is 0 Å². The molecule has 82 valence electrons. The molecule has 0 aliphatic heterocycles. The van der Waals surface area contributed by atoms with Crippen molar-refractivity contribution >= 4 is 5.69 Å². The van der Waals surface area contributed by atoms with Crippen molar-refractivity contribution in [2.75, 3.05) is 5.73 Å². The lowest BCUT2D eigenvalue weighted by Gasteiger charge is -1.98. The Morgan fingerprint density at radius 1 is 1.19 bits per heavy atom. The maximum Gasteiger partial charge on any atom is 0.0568 e. The maximum absolute atomic E-state index is 5.66. The minimum atomic E-state index is 0.800. The summed E-state index contributed by atoms with van der Waals surface area (Å²) in [6, 6.07) is 7.92. The van der Waals surface area contributed by atoms with Crippen LogP contribution in [0.25, 0.3) is 11.1 Å². The fraction of sp³-hybridized carbons (Fsp3) is 0.308. The summed E-state index contributed by atoms with van der Waals surface area (Å²) in [5.74, 6) is 0.860. The number of aromatic nitrogens is 2. The predicted molar refractivity (Wildman–Crippen MR) is 64.8 cm³/mol. The van der Waals surface area contributed by atoms with Gasteiger partial charge in [-0.1, -0.05) is 12.1 Å². The van der Waals surface area contributed by atoms with Crippen molar-refractivity contribution in [3.8, 4) is 11.1 Å². The molecule has 0 amide bonds. The Labute approximate surface area is 94.9 Å². The van der Waals surface area contributed by atoms with Crippen LogP contribution in [0, 0.1) is 5.92 Å². The lowest BCUT2D eigenvalue weighted by molar-refractivity contribution is 0.563. The predicted octanol–water partition coefficient (Wildman–Crippen LogP) is 2.54. The third-order valence-electron chi connectivity index (χ3n) is 3.02. The van der Waals surface area contributed by atoms with Crippen LogP contribution in [0.3, 0.4) is 0 Å². The van der Waals surface area contributed by atoms with Gasteiger partial charge in [-0.2, -0.15) is 5.10 Å². The minimum absolute atomic E-state index is 0.800. The topological polar surface area (TPSA) is 43.8 Å². The van der Waals surface area contributed by atoms with Crippen LogP contribution >= 0.6 is 0 Å². The van der Waals surface area contributed by atoms with Crippen molar-refractivity contribution in [2.24, 2.45) is 5.92 Å². The number of rotatable bonds is 3. The van der Waals surface area contributed by atoms with Crippen molar-refractivity contribution in [3.05, 3.63) is 36.7 Å². The van der Waals surface area contributed by atoms with Crippen molar-refractivity contribution in [3.63, 3.8) is 0 Å². The SMILES string of the molecule is Nc1ccc(-c2cnn(CC3CC3)c2)cc1. The van der Waals surface area contributed by atoms with Crippen LogP contribution in [0.2, 0.25) is 0 Å². The second-order valence-corrected chi connectivity index (χ2v) is 4.52. The Kier molecular flexibility index (Phi) is 2.17. The molecule has 0 unspecified atom stereocenters. The van der Waals surface area contributed by atoms with E-state index < -0.39 is 0 Å². The quantitative estimate of drug-likeness (QED) is 0.796. The molecule has 1 aliphatic carbocycles. The van der Waals surface area contributed by atoms with Crippen LogP contribution in [-0.2, 0) is 6.54 Å². The lowest BCUT2D eigenvalue weighted by atomic mass is 10.1. The molecular weight excluding hydrogens is 198 g/mol. The normalized spacial score (nSPS) is 15.2. The smallest absolute Gasteiger partial charge is 0.0568 e. The van der Waals surface area contributed by atoms with Crippen molar-refractivity contribution in [2.45, 2.75) is 19.4 Å². The first-order chi connectivity index (χ1) is 7.81. The zero-order valence-electron chi connectivity index (χ0n) is 9.13. The van der Waals surface area contributed by atoms with Gasteiger partial charge in [-0.25, -0.2) is 0 Å². The Morgan fingerprint density at radius 3 is 2.62 bits per heavy atom. The molecule has 1 aromatic heterocycles. The highest BCUT2D eigenvalue weighted by molar-refractivity contribution is 5.63. The zero-order chi connectivity index (χ0) is 11.0. The van der Waals surface area contributed by atoms with Gasteiger partial charge >= 0.3 is 0 Å². The molecule has 2 N–H and O–H groups in total. The van der Waals surface area contributed by atoms with E-state index in [2.05, 4.69) is 11.3 Å². The molecule has 0 spiro atoms. The molecule has 1 heterocycles. The van der Waals surface area contributed by atoms with Gasteiger partial charge in [0.05, 0.1) is 6.20 Å². The lowest BCUT2D eigenvalue weighted by Crippen LogP contribution is -1.98. The highest BCUT2D eigenvalue weighted by atomic mass is 15.3. The zero-order valence-corrected chi connectivity index (χ0v) is 9.13. The molecule has 0 atom stereocenters. The fourth-order valence-electron chi connectivity index (χ4n) is 1.85. The summed E-state index contributed by atoms with van der Waals surface area (Å²) in [7, 11) is 0. The second-order valence-electron chi connectivity index (χ2n) is 4.52. The van der Waals surface area contributed by atoms with E-state index in [1.807, 2.05) is 35.1 Å². The van der Waals surface area contributed by atoms with Gasteiger partial charge in [0.15, 0.2) is 0 Å². The van der Waals surface area contributed by atoms with Gasteiger partial charge in [0.1, 0.15) is 0 Å². The Morgan fingerprint density at radius 2 is 1.94 bits per heavy atom. The number of anilines is 1. The minimum Gasteiger partial charge on any atom is -0.399 e. The van der Waals surface area contributed by atoms with Gasteiger partial charge in [-0.3, -0.25) is 4.68 Å². The van der Waals surface area contributed by atoms with E-state index in [4.69, 9.17) is 5.73 Å². The van der Waals surface area contributed by atoms with Crippen molar-refractivity contribution in [1.29, 1.82) is 0 Å². The summed E-state index contributed by atoms with van der Waals surface area (Å²) < 4.78 is 2.04. The van der Waals surface area contributed by atoms with Crippen molar-refractivity contribution < 1.29 is 0 Å². The molecule has 0 bridgehead atoms.